The van der Waals surface area contributed by atoms with E-state index in [-0.39, 0.29) is 17.0 Å². The number of unbranched alkanes of at least 4 members (excludes halogenated alkanes) is 2. The molecule has 1 unspecified atom stereocenters. The topological polar surface area (TPSA) is 40.5 Å². The fourth-order valence-corrected chi connectivity index (χ4v) is 2.84. The van der Waals surface area contributed by atoms with E-state index < -0.39 is 0 Å². The molecular formula is C16H36BrNO2. The van der Waals surface area contributed by atoms with Crippen LogP contribution in [0, 0.1) is 5.41 Å². The van der Waals surface area contributed by atoms with E-state index in [4.69, 9.17) is 5.11 Å². The molecule has 0 rings (SSSR count). The fourth-order valence-electron chi connectivity index (χ4n) is 2.84. The lowest BCUT2D eigenvalue weighted by molar-refractivity contribution is -0.870. The number of aliphatic hydroxyl groups excluding tert-OH is 2. The number of quaternary nitrogens is 1. The zero-order valence-corrected chi connectivity index (χ0v) is 15.6. The highest BCUT2D eigenvalue weighted by atomic mass is 79.9. The van der Waals surface area contributed by atoms with Crippen LogP contribution in [0.2, 0.25) is 0 Å². The predicted molar refractivity (Wildman–Crippen MR) is 82.1 cm³/mol. The second kappa shape index (κ2) is 12.0. The van der Waals surface area contributed by atoms with E-state index in [0.717, 1.165) is 36.6 Å². The smallest absolute Gasteiger partial charge is 0.0780 e. The van der Waals surface area contributed by atoms with Crippen LogP contribution in [0.25, 0.3) is 0 Å². The maximum absolute atomic E-state index is 9.32. The quantitative estimate of drug-likeness (QED) is 0.377. The van der Waals surface area contributed by atoms with Gasteiger partial charge in [0.15, 0.2) is 0 Å². The summed E-state index contributed by atoms with van der Waals surface area (Å²) in [4.78, 5) is 0. The van der Waals surface area contributed by atoms with E-state index >= 15 is 0 Å². The molecule has 0 bridgehead atoms. The Morgan fingerprint density at radius 3 is 1.75 bits per heavy atom. The summed E-state index contributed by atoms with van der Waals surface area (Å²) in [6.45, 7) is 4.05. The third-order valence-electron chi connectivity index (χ3n) is 4.29. The molecule has 0 spiro atoms. The first kappa shape index (κ1) is 22.6. The van der Waals surface area contributed by atoms with Gasteiger partial charge in [-0.15, -0.1) is 0 Å². The summed E-state index contributed by atoms with van der Waals surface area (Å²) in [6.07, 6.45) is 8.91. The molecule has 1 atom stereocenters. The second-order valence-corrected chi connectivity index (χ2v) is 6.98. The number of hydrogen-bond acceptors (Lipinski definition) is 2. The molecule has 0 aromatic rings. The van der Waals surface area contributed by atoms with Crippen molar-refractivity contribution >= 4 is 0 Å². The van der Waals surface area contributed by atoms with Crippen molar-refractivity contribution in [2.45, 2.75) is 58.3 Å². The van der Waals surface area contributed by atoms with Gasteiger partial charge in [0.05, 0.1) is 27.7 Å². The van der Waals surface area contributed by atoms with Crippen molar-refractivity contribution in [3.05, 3.63) is 0 Å². The molecule has 2 N–H and O–H groups in total. The summed E-state index contributed by atoms with van der Waals surface area (Å²) < 4.78 is 1.03. The Balaban J connectivity index is 0. The first-order valence-electron chi connectivity index (χ1n) is 7.91. The average Bonchev–Trinajstić information content (AvgIpc) is 2.33. The highest BCUT2D eigenvalue weighted by Gasteiger charge is 2.26. The van der Waals surface area contributed by atoms with Crippen molar-refractivity contribution < 1.29 is 31.7 Å². The van der Waals surface area contributed by atoms with E-state index in [1.807, 2.05) is 0 Å². The molecule has 3 nitrogen and oxygen atoms in total. The molecule has 0 aromatic carbocycles. The number of rotatable bonds is 12. The molecule has 0 saturated heterocycles. The molecular weight excluding hydrogens is 318 g/mol. The van der Waals surface area contributed by atoms with E-state index in [1.165, 1.54) is 25.8 Å². The zero-order valence-electron chi connectivity index (χ0n) is 14.0. The summed E-state index contributed by atoms with van der Waals surface area (Å²) in [7, 11) is 6.71. The zero-order chi connectivity index (χ0) is 14.8. The molecule has 4 heteroatoms. The van der Waals surface area contributed by atoms with Gasteiger partial charge >= 0.3 is 0 Å². The molecule has 0 aromatic heterocycles. The van der Waals surface area contributed by atoms with Crippen LogP contribution in [0.1, 0.15) is 58.3 Å². The third kappa shape index (κ3) is 11.1. The monoisotopic (exact) mass is 353 g/mol. The van der Waals surface area contributed by atoms with Gasteiger partial charge in [0.1, 0.15) is 0 Å². The van der Waals surface area contributed by atoms with Crippen molar-refractivity contribution in [2.75, 3.05) is 40.9 Å². The van der Waals surface area contributed by atoms with Crippen LogP contribution in [0.4, 0.5) is 0 Å². The normalized spacial score (nSPS) is 14.7. The summed E-state index contributed by atoms with van der Waals surface area (Å²) >= 11 is 0. The number of nitrogens with zero attached hydrogens (tertiary/aromatic N) is 1. The van der Waals surface area contributed by atoms with Crippen molar-refractivity contribution in [2.24, 2.45) is 5.41 Å². The minimum atomic E-state index is 0. The number of hydrogen-bond donors (Lipinski definition) is 2. The molecule has 0 fully saturated rings. The lowest BCUT2D eigenvalue weighted by Gasteiger charge is -2.33. The molecule has 0 aliphatic carbocycles. The molecule has 0 heterocycles. The largest absolute Gasteiger partial charge is 1.00 e. The van der Waals surface area contributed by atoms with Crippen LogP contribution in [0.15, 0.2) is 0 Å². The van der Waals surface area contributed by atoms with Gasteiger partial charge in [-0.1, -0.05) is 19.8 Å². The lowest BCUT2D eigenvalue weighted by atomic mass is 9.73. The fraction of sp³-hybridized carbons (Fsp3) is 1.00. The number of halogens is 1. The van der Waals surface area contributed by atoms with Crippen LogP contribution in [-0.4, -0.2) is 55.6 Å². The van der Waals surface area contributed by atoms with Crippen molar-refractivity contribution in [3.8, 4) is 0 Å². The average molecular weight is 354 g/mol. The summed E-state index contributed by atoms with van der Waals surface area (Å²) in [5.74, 6) is 0. The third-order valence-corrected chi connectivity index (χ3v) is 4.29. The van der Waals surface area contributed by atoms with Gasteiger partial charge in [-0.2, -0.15) is 0 Å². The number of aliphatic hydroxyl groups is 2. The first-order chi connectivity index (χ1) is 8.89. The highest BCUT2D eigenvalue weighted by molar-refractivity contribution is 4.78. The van der Waals surface area contributed by atoms with Crippen LogP contribution in [0.3, 0.4) is 0 Å². The van der Waals surface area contributed by atoms with Gasteiger partial charge in [-0.05, 0) is 43.9 Å². The minimum Gasteiger partial charge on any atom is -1.00 e. The van der Waals surface area contributed by atoms with E-state index in [0.29, 0.717) is 18.6 Å². The SMILES string of the molecule is CCC(CCO)(CCCCO)CCCC[N+](C)(C)C.[Br-]. The van der Waals surface area contributed by atoms with Gasteiger partial charge in [0, 0.05) is 13.2 Å². The molecule has 0 amide bonds. The Hall–Kier alpha value is 0.360. The Morgan fingerprint density at radius 2 is 1.35 bits per heavy atom. The maximum Gasteiger partial charge on any atom is 0.0780 e. The van der Waals surface area contributed by atoms with Gasteiger partial charge < -0.3 is 31.7 Å². The molecule has 124 valence electrons. The van der Waals surface area contributed by atoms with Gasteiger partial charge in [-0.25, -0.2) is 0 Å². The first-order valence-corrected chi connectivity index (χ1v) is 7.91. The molecule has 20 heavy (non-hydrogen) atoms. The lowest BCUT2D eigenvalue weighted by Crippen LogP contribution is -3.00. The van der Waals surface area contributed by atoms with Gasteiger partial charge in [0.2, 0.25) is 0 Å². The Morgan fingerprint density at radius 1 is 0.800 bits per heavy atom. The summed E-state index contributed by atoms with van der Waals surface area (Å²) in [5.41, 5.74) is 0.300. The van der Waals surface area contributed by atoms with Crippen LogP contribution >= 0.6 is 0 Å². The Bertz CT molecular complexity index is 219. The predicted octanol–water partition coefficient (Wildman–Crippen LogP) is -0.192. The van der Waals surface area contributed by atoms with E-state index in [9.17, 15) is 5.11 Å². The minimum absolute atomic E-state index is 0. The molecule has 0 aliphatic heterocycles. The van der Waals surface area contributed by atoms with Gasteiger partial charge in [-0.3, -0.25) is 0 Å². The van der Waals surface area contributed by atoms with Crippen molar-refractivity contribution in [1.29, 1.82) is 0 Å². The van der Waals surface area contributed by atoms with Crippen LogP contribution < -0.4 is 17.0 Å². The molecule has 0 radical (unpaired) electrons. The maximum atomic E-state index is 9.32. The van der Waals surface area contributed by atoms with Crippen molar-refractivity contribution in [1.82, 2.24) is 0 Å². The second-order valence-electron chi connectivity index (χ2n) is 6.98. The molecule has 0 saturated carbocycles. The van der Waals surface area contributed by atoms with Crippen LogP contribution in [-0.2, 0) is 0 Å². The van der Waals surface area contributed by atoms with Crippen molar-refractivity contribution in [3.63, 3.8) is 0 Å². The van der Waals surface area contributed by atoms with E-state index in [1.54, 1.807) is 0 Å². The summed E-state index contributed by atoms with van der Waals surface area (Å²) in [6, 6.07) is 0. The Kier molecular flexibility index (Phi) is 13.5. The van der Waals surface area contributed by atoms with Gasteiger partial charge in [0.25, 0.3) is 0 Å². The van der Waals surface area contributed by atoms with E-state index in [2.05, 4.69) is 28.1 Å². The summed E-state index contributed by atoms with van der Waals surface area (Å²) in [5, 5.41) is 18.2. The molecule has 0 aliphatic rings. The van der Waals surface area contributed by atoms with Crippen LogP contribution in [0.5, 0.6) is 0 Å². The Labute approximate surface area is 136 Å². The standard InChI is InChI=1S/C16H36NO2.BrH/c1-5-16(12-15-19,11-7-9-14-18)10-6-8-13-17(2,3)4;/h18-19H,5-15H2,1-4H3;1H/q+1;/p-1. The highest BCUT2D eigenvalue weighted by Crippen LogP contribution is 2.37.